The molecule has 0 aliphatic heterocycles. The van der Waals surface area contributed by atoms with Gasteiger partial charge in [-0.1, -0.05) is 17.7 Å². The van der Waals surface area contributed by atoms with Crippen molar-refractivity contribution >= 4 is 56.9 Å². The Morgan fingerprint density at radius 3 is 2.67 bits per heavy atom. The number of benzene rings is 1. The number of amides is 2. The summed E-state index contributed by atoms with van der Waals surface area (Å²) in [6, 6.07) is 8.23. The lowest BCUT2D eigenvalue weighted by Crippen LogP contribution is -2.14. The molecule has 2 heterocycles. The van der Waals surface area contributed by atoms with Gasteiger partial charge in [-0.2, -0.15) is 0 Å². The number of carbonyl (C=O) groups is 2. The normalized spacial score (nSPS) is 10.4. The van der Waals surface area contributed by atoms with Crippen LogP contribution < -0.4 is 10.6 Å². The Morgan fingerprint density at radius 1 is 1.17 bits per heavy atom. The van der Waals surface area contributed by atoms with Crippen LogP contribution in [0.4, 0.5) is 10.8 Å². The van der Waals surface area contributed by atoms with Crippen molar-refractivity contribution in [2.75, 3.05) is 10.6 Å². The number of thiazole rings is 1. The van der Waals surface area contributed by atoms with Crippen molar-refractivity contribution in [1.29, 1.82) is 0 Å². The standard InChI is InChI=1S/C16H12ClN3O2S2/c1-9-8-18-16(24-9)20-14(21)10-4-5-11(17)12(7-10)19-15(22)13-3-2-6-23-13/h2-8H,1H3,(H,19,22)(H,18,20,21). The van der Waals surface area contributed by atoms with Crippen LogP contribution in [-0.2, 0) is 0 Å². The second kappa shape index (κ2) is 7.12. The third kappa shape index (κ3) is 3.81. The number of hydrogen-bond acceptors (Lipinski definition) is 5. The number of rotatable bonds is 4. The van der Waals surface area contributed by atoms with Crippen molar-refractivity contribution in [2.24, 2.45) is 0 Å². The minimum Gasteiger partial charge on any atom is -0.320 e. The molecule has 24 heavy (non-hydrogen) atoms. The Kier molecular flexibility index (Phi) is 4.94. The largest absolute Gasteiger partial charge is 0.320 e. The molecule has 1 aromatic carbocycles. The maximum absolute atomic E-state index is 12.3. The minimum atomic E-state index is -0.312. The molecular formula is C16H12ClN3O2S2. The Balaban J connectivity index is 1.78. The van der Waals surface area contributed by atoms with E-state index in [1.54, 1.807) is 36.5 Å². The monoisotopic (exact) mass is 377 g/mol. The lowest BCUT2D eigenvalue weighted by Gasteiger charge is -2.08. The zero-order chi connectivity index (χ0) is 17.1. The second-order valence-electron chi connectivity index (χ2n) is 4.86. The van der Waals surface area contributed by atoms with Crippen molar-refractivity contribution in [3.05, 3.63) is 62.2 Å². The highest BCUT2D eigenvalue weighted by atomic mass is 35.5. The fourth-order valence-corrected chi connectivity index (χ4v) is 3.38. The molecule has 0 aliphatic carbocycles. The molecule has 3 aromatic rings. The molecule has 0 bridgehead atoms. The van der Waals surface area contributed by atoms with Crippen LogP contribution in [0, 0.1) is 6.92 Å². The number of nitrogens with zero attached hydrogens (tertiary/aromatic N) is 1. The molecule has 0 fully saturated rings. The number of aryl methyl sites for hydroxylation is 1. The Hall–Kier alpha value is -2.22. The zero-order valence-corrected chi connectivity index (χ0v) is 14.9. The van der Waals surface area contributed by atoms with Crippen molar-refractivity contribution in [1.82, 2.24) is 4.98 Å². The molecule has 122 valence electrons. The average Bonchev–Trinajstić information content (AvgIpc) is 3.21. The molecule has 0 atom stereocenters. The third-order valence-corrected chi connectivity index (χ3v) is 5.09. The maximum Gasteiger partial charge on any atom is 0.265 e. The number of nitrogens with one attached hydrogen (secondary N) is 2. The molecule has 8 heteroatoms. The predicted octanol–water partition coefficient (Wildman–Crippen LogP) is 4.67. The van der Waals surface area contributed by atoms with E-state index in [2.05, 4.69) is 15.6 Å². The van der Waals surface area contributed by atoms with E-state index in [9.17, 15) is 9.59 Å². The Morgan fingerprint density at radius 2 is 2.00 bits per heavy atom. The first kappa shape index (κ1) is 16.6. The van der Waals surface area contributed by atoms with Gasteiger partial charge in [0.15, 0.2) is 5.13 Å². The van der Waals surface area contributed by atoms with Crippen molar-refractivity contribution < 1.29 is 9.59 Å². The molecular weight excluding hydrogens is 366 g/mol. The van der Waals surface area contributed by atoms with Gasteiger partial charge in [-0.3, -0.25) is 14.9 Å². The first-order valence-corrected chi connectivity index (χ1v) is 8.98. The summed E-state index contributed by atoms with van der Waals surface area (Å²) in [5.41, 5.74) is 0.770. The summed E-state index contributed by atoms with van der Waals surface area (Å²) in [5, 5.41) is 8.15. The summed E-state index contributed by atoms with van der Waals surface area (Å²) in [4.78, 5) is 30.1. The number of anilines is 2. The molecule has 2 N–H and O–H groups in total. The smallest absolute Gasteiger partial charge is 0.265 e. The van der Waals surface area contributed by atoms with Crippen LogP contribution >= 0.6 is 34.3 Å². The molecule has 3 rings (SSSR count). The Labute approximate surface area is 151 Å². The number of aromatic nitrogens is 1. The third-order valence-electron chi connectivity index (χ3n) is 3.06. The fraction of sp³-hybridized carbons (Fsp3) is 0.0625. The zero-order valence-electron chi connectivity index (χ0n) is 12.5. The van der Waals surface area contributed by atoms with Gasteiger partial charge in [-0.15, -0.1) is 22.7 Å². The highest BCUT2D eigenvalue weighted by molar-refractivity contribution is 7.15. The molecule has 0 spiro atoms. The van der Waals surface area contributed by atoms with Gasteiger partial charge in [0.25, 0.3) is 11.8 Å². The minimum absolute atomic E-state index is 0.264. The summed E-state index contributed by atoms with van der Waals surface area (Å²) in [5.74, 6) is -0.576. The topological polar surface area (TPSA) is 71.1 Å². The van der Waals surface area contributed by atoms with Crippen LogP contribution in [0.5, 0.6) is 0 Å². The van der Waals surface area contributed by atoms with Gasteiger partial charge >= 0.3 is 0 Å². The first-order chi connectivity index (χ1) is 11.5. The van der Waals surface area contributed by atoms with E-state index in [0.717, 1.165) is 4.88 Å². The van der Waals surface area contributed by atoms with Gasteiger partial charge in [-0.25, -0.2) is 4.98 Å². The molecule has 2 aromatic heterocycles. The van der Waals surface area contributed by atoms with Crippen LogP contribution in [0.3, 0.4) is 0 Å². The average molecular weight is 378 g/mol. The van der Waals surface area contributed by atoms with Crippen molar-refractivity contribution in [2.45, 2.75) is 6.92 Å². The molecule has 5 nitrogen and oxygen atoms in total. The number of carbonyl (C=O) groups excluding carboxylic acids is 2. The molecule has 0 radical (unpaired) electrons. The van der Waals surface area contributed by atoms with Gasteiger partial charge in [0, 0.05) is 16.6 Å². The number of thiophene rings is 1. The summed E-state index contributed by atoms with van der Waals surface area (Å²) >= 11 is 8.84. The summed E-state index contributed by atoms with van der Waals surface area (Å²) < 4.78 is 0. The van der Waals surface area contributed by atoms with Gasteiger partial charge in [-0.05, 0) is 36.6 Å². The van der Waals surface area contributed by atoms with E-state index < -0.39 is 0 Å². The van der Waals surface area contributed by atoms with Crippen LogP contribution in [0.25, 0.3) is 0 Å². The van der Waals surface area contributed by atoms with Crippen LogP contribution in [0.1, 0.15) is 24.9 Å². The summed E-state index contributed by atoms with van der Waals surface area (Å²) in [7, 11) is 0. The van der Waals surface area contributed by atoms with Gasteiger partial charge in [0.2, 0.25) is 0 Å². The highest BCUT2D eigenvalue weighted by Gasteiger charge is 2.14. The van der Waals surface area contributed by atoms with E-state index in [4.69, 9.17) is 11.6 Å². The van der Waals surface area contributed by atoms with E-state index in [1.807, 2.05) is 12.3 Å². The van der Waals surface area contributed by atoms with E-state index in [1.165, 1.54) is 22.7 Å². The highest BCUT2D eigenvalue weighted by Crippen LogP contribution is 2.25. The lowest BCUT2D eigenvalue weighted by molar-refractivity contribution is 0.101. The summed E-state index contributed by atoms with van der Waals surface area (Å²) in [6.07, 6.45) is 1.69. The number of halogens is 1. The lowest BCUT2D eigenvalue weighted by atomic mass is 10.2. The molecule has 2 amide bonds. The molecule has 0 saturated carbocycles. The molecule has 0 unspecified atom stereocenters. The van der Waals surface area contributed by atoms with Crippen LogP contribution in [0.2, 0.25) is 5.02 Å². The van der Waals surface area contributed by atoms with Gasteiger partial charge in [0.1, 0.15) is 0 Å². The second-order valence-corrected chi connectivity index (χ2v) is 7.45. The van der Waals surface area contributed by atoms with E-state index >= 15 is 0 Å². The van der Waals surface area contributed by atoms with E-state index in [0.29, 0.717) is 26.3 Å². The SMILES string of the molecule is Cc1cnc(NC(=O)c2ccc(Cl)c(NC(=O)c3cccs3)c2)s1. The quantitative estimate of drug-likeness (QED) is 0.693. The van der Waals surface area contributed by atoms with E-state index in [-0.39, 0.29) is 11.8 Å². The predicted molar refractivity (Wildman–Crippen MR) is 98.5 cm³/mol. The van der Waals surface area contributed by atoms with Gasteiger partial charge < -0.3 is 5.32 Å². The molecule has 0 saturated heterocycles. The fourth-order valence-electron chi connectivity index (χ4n) is 1.94. The molecule has 0 aliphatic rings. The first-order valence-electron chi connectivity index (χ1n) is 6.91. The van der Waals surface area contributed by atoms with Crippen LogP contribution in [-0.4, -0.2) is 16.8 Å². The summed E-state index contributed by atoms with van der Waals surface area (Å²) in [6.45, 7) is 1.91. The number of hydrogen-bond donors (Lipinski definition) is 2. The van der Waals surface area contributed by atoms with Crippen molar-refractivity contribution in [3.8, 4) is 0 Å². The Bertz CT molecular complexity index is 891. The van der Waals surface area contributed by atoms with Gasteiger partial charge in [0.05, 0.1) is 15.6 Å². The maximum atomic E-state index is 12.3. The van der Waals surface area contributed by atoms with Crippen molar-refractivity contribution in [3.63, 3.8) is 0 Å². The van der Waals surface area contributed by atoms with Crippen LogP contribution in [0.15, 0.2) is 41.9 Å².